The van der Waals surface area contributed by atoms with Gasteiger partial charge >= 0.3 is 17.9 Å². The monoisotopic (exact) mass is 710 g/mol. The molecule has 0 aromatic heterocycles. The van der Waals surface area contributed by atoms with Gasteiger partial charge in [-0.1, -0.05) is 28.1 Å². The van der Waals surface area contributed by atoms with Crippen LogP contribution in [0.1, 0.15) is 72.7 Å². The van der Waals surface area contributed by atoms with Crippen LogP contribution in [0.2, 0.25) is 0 Å². The molecule has 1 saturated heterocycles. The van der Waals surface area contributed by atoms with Gasteiger partial charge in [0.15, 0.2) is 5.78 Å². The van der Waals surface area contributed by atoms with Gasteiger partial charge in [-0.3, -0.25) is 38.8 Å². The molecule has 0 saturated carbocycles. The van der Waals surface area contributed by atoms with E-state index in [0.29, 0.717) is 57.9 Å². The highest BCUT2D eigenvalue weighted by Crippen LogP contribution is 2.14. The minimum Gasteiger partial charge on any atom is -0.459 e. The van der Waals surface area contributed by atoms with Gasteiger partial charge in [0.05, 0.1) is 26.2 Å². The lowest BCUT2D eigenvalue weighted by molar-refractivity contribution is -0.158. The van der Waals surface area contributed by atoms with E-state index < -0.39 is 16.8 Å². The molecule has 1 aromatic rings. The summed E-state index contributed by atoms with van der Waals surface area (Å²) in [5.41, 5.74) is -1.24. The molecular formula is C34H55BrN4O7. The van der Waals surface area contributed by atoms with Crippen molar-refractivity contribution >= 4 is 39.6 Å². The Morgan fingerprint density at radius 2 is 0.783 bits per heavy atom. The summed E-state index contributed by atoms with van der Waals surface area (Å²) in [6, 6.07) is 7.28. The number of carbonyl (C=O) groups is 4. The number of hydrogen-bond acceptors (Lipinski definition) is 11. The molecule has 0 spiro atoms. The molecular weight excluding hydrogens is 656 g/mol. The summed E-state index contributed by atoms with van der Waals surface area (Å²) < 4.78 is 17.7. The number of esters is 3. The third kappa shape index (κ3) is 17.5. The number of hydrogen-bond donors (Lipinski definition) is 0. The van der Waals surface area contributed by atoms with Gasteiger partial charge in [-0.05, 0) is 74.4 Å². The van der Waals surface area contributed by atoms with E-state index in [1.54, 1.807) is 12.1 Å². The van der Waals surface area contributed by atoms with Crippen LogP contribution in [-0.4, -0.2) is 139 Å². The summed E-state index contributed by atoms with van der Waals surface area (Å²) in [6.45, 7) is 20.9. The van der Waals surface area contributed by atoms with E-state index in [9.17, 15) is 19.2 Å². The van der Waals surface area contributed by atoms with Crippen LogP contribution in [-0.2, 0) is 28.6 Å². The second-order valence-corrected chi connectivity index (χ2v) is 15.7. The van der Waals surface area contributed by atoms with Gasteiger partial charge in [0.25, 0.3) is 0 Å². The first-order valence-electron chi connectivity index (χ1n) is 16.0. The molecule has 0 atom stereocenters. The quantitative estimate of drug-likeness (QED) is 0.212. The molecule has 12 heteroatoms. The number of Topliss-reactive ketones (excluding diaryl/α,β-unsaturated/α-hetero) is 1. The summed E-state index contributed by atoms with van der Waals surface area (Å²) >= 11 is 3.42. The lowest BCUT2D eigenvalue weighted by Crippen LogP contribution is -2.50. The summed E-state index contributed by atoms with van der Waals surface area (Å²) in [4.78, 5) is 59.9. The third-order valence-corrected chi connectivity index (χ3v) is 7.31. The minimum atomic E-state index is -0.619. The number of carbonyl (C=O) groups excluding carboxylic acids is 4. The van der Waals surface area contributed by atoms with Crippen molar-refractivity contribution in [2.45, 2.75) is 79.1 Å². The number of halogens is 1. The van der Waals surface area contributed by atoms with Crippen molar-refractivity contribution in [1.82, 2.24) is 19.6 Å². The van der Waals surface area contributed by atoms with Crippen LogP contribution < -0.4 is 0 Å². The fourth-order valence-corrected chi connectivity index (χ4v) is 5.07. The van der Waals surface area contributed by atoms with E-state index >= 15 is 0 Å². The Morgan fingerprint density at radius 3 is 1.04 bits per heavy atom. The summed E-state index contributed by atoms with van der Waals surface area (Å²) in [6.07, 6.45) is 0. The minimum absolute atomic E-state index is 0.0134. The highest BCUT2D eigenvalue weighted by Gasteiger charge is 2.26. The maximum absolute atomic E-state index is 13.3. The average Bonchev–Trinajstić information content (AvgIpc) is 2.87. The largest absolute Gasteiger partial charge is 0.459 e. The first-order valence-corrected chi connectivity index (χ1v) is 16.8. The van der Waals surface area contributed by atoms with Crippen molar-refractivity contribution in [3.63, 3.8) is 0 Å². The topological polar surface area (TPSA) is 109 Å². The Hall–Kier alpha value is -2.38. The van der Waals surface area contributed by atoms with Crippen LogP contribution in [0.3, 0.4) is 0 Å². The highest BCUT2D eigenvalue weighted by atomic mass is 79.9. The average molecular weight is 712 g/mol. The predicted molar refractivity (Wildman–Crippen MR) is 182 cm³/mol. The second kappa shape index (κ2) is 17.7. The third-order valence-electron chi connectivity index (χ3n) is 6.78. The van der Waals surface area contributed by atoms with Crippen LogP contribution in [0.25, 0.3) is 0 Å². The Morgan fingerprint density at radius 1 is 0.522 bits per heavy atom. The zero-order chi connectivity index (χ0) is 34.7. The van der Waals surface area contributed by atoms with Crippen molar-refractivity contribution in [1.29, 1.82) is 0 Å². The normalized spacial score (nSPS) is 17.4. The van der Waals surface area contributed by atoms with E-state index in [-0.39, 0.29) is 49.9 Å². The number of ether oxygens (including phenoxy) is 3. The first kappa shape index (κ1) is 39.8. The molecule has 0 amide bonds. The molecule has 1 aliphatic rings. The van der Waals surface area contributed by atoms with Gasteiger partial charge in [-0.25, -0.2) is 0 Å². The standard InChI is InChI=1S/C34H55BrN4O7/c1-32(2,3)44-29(41)23-37-16-14-36(22-28(40)26-10-12-27(35)13-11-26)15-17-38(24-30(42)45-33(4,5)6)19-21-39(20-18-37)25-31(43)46-34(7,8)9/h10-13H,14-25H2,1-9H3. The molecule has 1 aromatic carbocycles. The van der Waals surface area contributed by atoms with Gasteiger partial charge in [-0.2, -0.15) is 0 Å². The Labute approximate surface area is 284 Å². The van der Waals surface area contributed by atoms with Gasteiger partial charge in [0, 0.05) is 62.4 Å². The van der Waals surface area contributed by atoms with Crippen molar-refractivity contribution in [2.24, 2.45) is 0 Å². The van der Waals surface area contributed by atoms with E-state index in [1.165, 1.54) is 0 Å². The lowest BCUT2D eigenvalue weighted by atomic mass is 10.1. The first-order chi connectivity index (χ1) is 21.2. The molecule has 2 rings (SSSR count). The van der Waals surface area contributed by atoms with Crippen LogP contribution in [0.15, 0.2) is 28.7 Å². The fourth-order valence-electron chi connectivity index (χ4n) is 4.81. The van der Waals surface area contributed by atoms with E-state index in [1.807, 2.05) is 89.1 Å². The molecule has 0 N–H and O–H groups in total. The molecule has 1 heterocycles. The van der Waals surface area contributed by atoms with E-state index in [0.717, 1.165) is 4.47 Å². The Bertz CT molecular complexity index is 1110. The second-order valence-electron chi connectivity index (χ2n) is 14.8. The summed E-state index contributed by atoms with van der Waals surface area (Å²) in [5, 5.41) is 0. The molecule has 11 nitrogen and oxygen atoms in total. The number of ketones is 1. The van der Waals surface area contributed by atoms with Gasteiger partial charge in [0.1, 0.15) is 16.8 Å². The number of benzene rings is 1. The predicted octanol–water partition coefficient (Wildman–Crippen LogP) is 3.88. The Balaban J connectivity index is 2.31. The lowest BCUT2D eigenvalue weighted by Gasteiger charge is -2.34. The maximum Gasteiger partial charge on any atom is 0.320 e. The summed E-state index contributed by atoms with van der Waals surface area (Å²) in [5.74, 6) is -1.02. The molecule has 0 unspecified atom stereocenters. The molecule has 0 radical (unpaired) electrons. The highest BCUT2D eigenvalue weighted by molar-refractivity contribution is 9.10. The van der Waals surface area contributed by atoms with E-state index in [4.69, 9.17) is 14.2 Å². The van der Waals surface area contributed by atoms with Gasteiger partial charge in [0.2, 0.25) is 0 Å². The van der Waals surface area contributed by atoms with Crippen molar-refractivity contribution in [3.05, 3.63) is 34.3 Å². The zero-order valence-electron chi connectivity index (χ0n) is 29.3. The number of nitrogens with zero attached hydrogens (tertiary/aromatic N) is 4. The van der Waals surface area contributed by atoms with Crippen LogP contribution >= 0.6 is 15.9 Å². The van der Waals surface area contributed by atoms with Gasteiger partial charge < -0.3 is 14.2 Å². The van der Waals surface area contributed by atoms with Gasteiger partial charge in [-0.15, -0.1) is 0 Å². The van der Waals surface area contributed by atoms with Crippen LogP contribution in [0.5, 0.6) is 0 Å². The molecule has 1 aliphatic heterocycles. The fraction of sp³-hybridized carbons (Fsp3) is 0.706. The SMILES string of the molecule is CC(C)(C)OC(=O)CN1CCN(CC(=O)OC(C)(C)C)CCN(CC(=O)c2ccc(Br)cc2)CCN(CC(=O)OC(C)(C)C)CC1. The zero-order valence-corrected chi connectivity index (χ0v) is 30.9. The maximum atomic E-state index is 13.3. The molecule has 0 bridgehead atoms. The number of rotatable bonds is 9. The van der Waals surface area contributed by atoms with Crippen LogP contribution in [0, 0.1) is 0 Å². The smallest absolute Gasteiger partial charge is 0.320 e. The molecule has 260 valence electrons. The summed E-state index contributed by atoms with van der Waals surface area (Å²) in [7, 11) is 0. The van der Waals surface area contributed by atoms with Crippen molar-refractivity contribution in [3.8, 4) is 0 Å². The Kier molecular flexibility index (Phi) is 15.3. The van der Waals surface area contributed by atoms with Crippen molar-refractivity contribution in [2.75, 3.05) is 78.5 Å². The molecule has 0 aliphatic carbocycles. The molecule has 1 fully saturated rings. The van der Waals surface area contributed by atoms with E-state index in [2.05, 4.69) is 20.8 Å². The van der Waals surface area contributed by atoms with Crippen LogP contribution in [0.4, 0.5) is 0 Å². The molecule has 46 heavy (non-hydrogen) atoms. The van der Waals surface area contributed by atoms with Crippen molar-refractivity contribution < 1.29 is 33.4 Å².